The van der Waals surface area contributed by atoms with E-state index >= 15 is 0 Å². The van der Waals surface area contributed by atoms with Gasteiger partial charge in [0.2, 0.25) is 0 Å². The first-order valence-electron chi connectivity index (χ1n) is 3.24. The van der Waals surface area contributed by atoms with Gasteiger partial charge in [0.1, 0.15) is 0 Å². The fraction of sp³-hybridized carbons (Fsp3) is 1.00. The lowest BCUT2D eigenvalue weighted by Gasteiger charge is -2.08. The van der Waals surface area contributed by atoms with E-state index in [0.29, 0.717) is 6.04 Å². The van der Waals surface area contributed by atoms with Gasteiger partial charge >= 0.3 is 0 Å². The Hall–Kier alpha value is -0.0800. The third kappa shape index (κ3) is 4.09. The highest BCUT2D eigenvalue weighted by atomic mass is 14.9. The Morgan fingerprint density at radius 1 is 1.62 bits per heavy atom. The molecule has 50 valence electrons. The Bertz CT molecular complexity index is 45.8. The minimum absolute atomic E-state index is 0.481. The molecule has 0 aliphatic heterocycles. The first kappa shape index (κ1) is 7.92. The van der Waals surface area contributed by atoms with Crippen molar-refractivity contribution in [2.45, 2.75) is 26.3 Å². The molecule has 0 aromatic rings. The zero-order chi connectivity index (χ0) is 6.41. The molecule has 0 saturated heterocycles. The number of nitrogens with two attached hydrogens (primary N) is 1. The van der Waals surface area contributed by atoms with Crippen LogP contribution >= 0.6 is 0 Å². The largest absolute Gasteiger partial charge is 0.329 e. The summed E-state index contributed by atoms with van der Waals surface area (Å²) in [5.41, 5.74) is 5.35. The first-order chi connectivity index (χ1) is 3.81. The highest BCUT2D eigenvalue weighted by Crippen LogP contribution is 1.76. The van der Waals surface area contributed by atoms with E-state index in [-0.39, 0.29) is 0 Å². The standard InChI is InChI=1S/C6H16N2/c1-3-4-8-6(2)5-7/h6,8H,3-5,7H2,1-2H3. The topological polar surface area (TPSA) is 38.0 Å². The summed E-state index contributed by atoms with van der Waals surface area (Å²) >= 11 is 0. The van der Waals surface area contributed by atoms with Gasteiger partial charge in [-0.15, -0.1) is 0 Å². The Morgan fingerprint density at radius 3 is 2.62 bits per heavy atom. The van der Waals surface area contributed by atoms with Crippen molar-refractivity contribution in [3.05, 3.63) is 0 Å². The van der Waals surface area contributed by atoms with E-state index in [1.165, 1.54) is 6.42 Å². The van der Waals surface area contributed by atoms with Crippen molar-refractivity contribution < 1.29 is 0 Å². The lowest BCUT2D eigenvalue weighted by Crippen LogP contribution is -2.33. The normalized spacial score (nSPS) is 13.9. The molecule has 0 aromatic carbocycles. The zero-order valence-electron chi connectivity index (χ0n) is 5.78. The number of rotatable bonds is 4. The number of nitrogens with one attached hydrogen (secondary N) is 1. The molecule has 0 saturated carbocycles. The van der Waals surface area contributed by atoms with Crippen LogP contribution in [0.5, 0.6) is 0 Å². The second-order valence-electron chi connectivity index (χ2n) is 2.09. The van der Waals surface area contributed by atoms with Crippen LogP contribution in [0.3, 0.4) is 0 Å². The zero-order valence-corrected chi connectivity index (χ0v) is 5.78. The van der Waals surface area contributed by atoms with Crippen LogP contribution in [0.25, 0.3) is 0 Å². The molecule has 0 fully saturated rings. The summed E-state index contributed by atoms with van der Waals surface area (Å²) in [5, 5.41) is 3.26. The van der Waals surface area contributed by atoms with E-state index in [1.807, 2.05) is 0 Å². The Balaban J connectivity index is 2.86. The smallest absolute Gasteiger partial charge is 0.0161 e. The van der Waals surface area contributed by atoms with Gasteiger partial charge in [-0.1, -0.05) is 6.92 Å². The Morgan fingerprint density at radius 2 is 2.25 bits per heavy atom. The quantitative estimate of drug-likeness (QED) is 0.555. The van der Waals surface area contributed by atoms with Gasteiger partial charge in [0.25, 0.3) is 0 Å². The summed E-state index contributed by atoms with van der Waals surface area (Å²) in [4.78, 5) is 0. The van der Waals surface area contributed by atoms with Crippen molar-refractivity contribution in [3.63, 3.8) is 0 Å². The highest BCUT2D eigenvalue weighted by molar-refractivity contribution is 4.58. The van der Waals surface area contributed by atoms with Crippen molar-refractivity contribution in [2.24, 2.45) is 5.73 Å². The first-order valence-corrected chi connectivity index (χ1v) is 3.24. The monoisotopic (exact) mass is 116 g/mol. The van der Waals surface area contributed by atoms with Crippen molar-refractivity contribution in [2.75, 3.05) is 13.1 Å². The van der Waals surface area contributed by atoms with Gasteiger partial charge in [-0.25, -0.2) is 0 Å². The van der Waals surface area contributed by atoms with Crippen LogP contribution < -0.4 is 11.1 Å². The summed E-state index contributed by atoms with van der Waals surface area (Å²) in [6.45, 7) is 6.06. The van der Waals surface area contributed by atoms with E-state index in [4.69, 9.17) is 5.73 Å². The molecule has 0 aliphatic rings. The van der Waals surface area contributed by atoms with E-state index in [9.17, 15) is 0 Å². The molecule has 0 bridgehead atoms. The van der Waals surface area contributed by atoms with Gasteiger partial charge in [-0.3, -0.25) is 0 Å². The van der Waals surface area contributed by atoms with Gasteiger partial charge in [-0.2, -0.15) is 0 Å². The van der Waals surface area contributed by atoms with E-state index in [0.717, 1.165) is 13.1 Å². The molecule has 1 unspecified atom stereocenters. The van der Waals surface area contributed by atoms with Crippen LogP contribution in [0, 0.1) is 0 Å². The maximum Gasteiger partial charge on any atom is 0.0161 e. The lowest BCUT2D eigenvalue weighted by molar-refractivity contribution is 0.554. The summed E-state index contributed by atoms with van der Waals surface area (Å²) in [6.07, 6.45) is 1.18. The van der Waals surface area contributed by atoms with Crippen LogP contribution in [0.15, 0.2) is 0 Å². The number of hydrogen-bond acceptors (Lipinski definition) is 2. The predicted molar refractivity (Wildman–Crippen MR) is 36.8 cm³/mol. The van der Waals surface area contributed by atoms with E-state index in [2.05, 4.69) is 19.2 Å². The Kier molecular flexibility index (Phi) is 5.01. The van der Waals surface area contributed by atoms with Crippen molar-refractivity contribution in [1.82, 2.24) is 5.32 Å². The predicted octanol–water partition coefficient (Wildman–Crippen LogP) is 0.333. The van der Waals surface area contributed by atoms with Crippen molar-refractivity contribution >= 4 is 0 Å². The molecule has 0 radical (unpaired) electrons. The SMILES string of the molecule is CCCNC(C)CN. The molecule has 0 rings (SSSR count). The average molecular weight is 116 g/mol. The molecule has 1 atom stereocenters. The maximum atomic E-state index is 5.35. The summed E-state index contributed by atoms with van der Waals surface area (Å²) in [7, 11) is 0. The van der Waals surface area contributed by atoms with Crippen molar-refractivity contribution in [1.29, 1.82) is 0 Å². The fourth-order valence-corrected chi connectivity index (χ4v) is 0.474. The highest BCUT2D eigenvalue weighted by Gasteiger charge is 1.92. The van der Waals surface area contributed by atoms with Crippen LogP contribution in [-0.4, -0.2) is 19.1 Å². The van der Waals surface area contributed by atoms with E-state index < -0.39 is 0 Å². The van der Waals surface area contributed by atoms with Crippen LogP contribution in [-0.2, 0) is 0 Å². The van der Waals surface area contributed by atoms with Crippen molar-refractivity contribution in [3.8, 4) is 0 Å². The third-order valence-corrected chi connectivity index (χ3v) is 1.10. The molecule has 8 heavy (non-hydrogen) atoms. The Labute approximate surface area is 51.5 Å². The maximum absolute atomic E-state index is 5.35. The van der Waals surface area contributed by atoms with Gasteiger partial charge in [0.05, 0.1) is 0 Å². The summed E-state index contributed by atoms with van der Waals surface area (Å²) < 4.78 is 0. The second-order valence-corrected chi connectivity index (χ2v) is 2.09. The summed E-state index contributed by atoms with van der Waals surface area (Å²) in [6, 6.07) is 0.481. The molecular weight excluding hydrogens is 100 g/mol. The summed E-state index contributed by atoms with van der Waals surface area (Å²) in [5.74, 6) is 0. The molecule has 0 spiro atoms. The van der Waals surface area contributed by atoms with Crippen LogP contribution in [0.1, 0.15) is 20.3 Å². The van der Waals surface area contributed by atoms with Gasteiger partial charge in [0.15, 0.2) is 0 Å². The lowest BCUT2D eigenvalue weighted by atomic mass is 10.3. The van der Waals surface area contributed by atoms with Crippen LogP contribution in [0.4, 0.5) is 0 Å². The van der Waals surface area contributed by atoms with Gasteiger partial charge in [0, 0.05) is 12.6 Å². The molecule has 2 heteroatoms. The van der Waals surface area contributed by atoms with E-state index in [1.54, 1.807) is 0 Å². The number of hydrogen-bond donors (Lipinski definition) is 2. The average Bonchev–Trinajstić information content (AvgIpc) is 1.83. The van der Waals surface area contributed by atoms with Gasteiger partial charge < -0.3 is 11.1 Å². The minimum atomic E-state index is 0.481. The molecule has 0 aliphatic carbocycles. The van der Waals surface area contributed by atoms with Gasteiger partial charge in [-0.05, 0) is 19.9 Å². The fourth-order valence-electron chi connectivity index (χ4n) is 0.474. The molecule has 0 aromatic heterocycles. The molecule has 2 nitrogen and oxygen atoms in total. The van der Waals surface area contributed by atoms with Crippen LogP contribution in [0.2, 0.25) is 0 Å². The molecule has 0 heterocycles. The third-order valence-electron chi connectivity index (χ3n) is 1.10. The second kappa shape index (κ2) is 5.06. The minimum Gasteiger partial charge on any atom is -0.329 e. The molecular formula is C6H16N2. The molecule has 3 N–H and O–H groups in total. The molecule has 0 amide bonds.